The van der Waals surface area contributed by atoms with Gasteiger partial charge in [0.25, 0.3) is 5.91 Å². The summed E-state index contributed by atoms with van der Waals surface area (Å²) < 4.78 is 11.1. The Hall–Kier alpha value is -4.55. The molecule has 0 bridgehead atoms. The van der Waals surface area contributed by atoms with Crippen LogP contribution in [0.2, 0.25) is 0 Å². The number of ether oxygens (including phenoxy) is 2. The minimum absolute atomic E-state index is 0.0587. The van der Waals surface area contributed by atoms with Gasteiger partial charge in [-0.3, -0.25) is 4.79 Å². The molecule has 0 spiro atoms. The summed E-state index contributed by atoms with van der Waals surface area (Å²) in [6.07, 6.45) is 10.1. The average Bonchev–Trinajstić information content (AvgIpc) is 3.41. The largest absolute Gasteiger partial charge is 0.457 e. The third-order valence-electron chi connectivity index (χ3n) is 6.91. The van der Waals surface area contributed by atoms with Crippen molar-refractivity contribution in [1.29, 1.82) is 0 Å². The molecule has 0 aliphatic carbocycles. The van der Waals surface area contributed by atoms with E-state index in [0.717, 1.165) is 89.4 Å². The van der Waals surface area contributed by atoms with E-state index in [-0.39, 0.29) is 5.91 Å². The van der Waals surface area contributed by atoms with Crippen LogP contribution in [-0.2, 0) is 4.74 Å². The van der Waals surface area contributed by atoms with Crippen LogP contribution in [0.1, 0.15) is 62.5 Å². The number of para-hydroxylation sites is 1. The quantitative estimate of drug-likeness (QED) is 0.147. The molecule has 5 rings (SSSR count). The molecule has 0 saturated heterocycles. The molecule has 2 heterocycles. The second kappa shape index (κ2) is 16.2. The first-order valence-corrected chi connectivity index (χ1v) is 15.2. The summed E-state index contributed by atoms with van der Waals surface area (Å²) >= 11 is 0. The summed E-state index contributed by atoms with van der Waals surface area (Å²) in [7, 11) is 0. The highest BCUT2D eigenvalue weighted by Crippen LogP contribution is 2.39. The number of benzene rings is 3. The molecule has 224 valence electrons. The number of fused-ring (bicyclic) bond motifs is 1. The number of hydrogen-bond donors (Lipinski definition) is 3. The molecule has 6 heteroatoms. The van der Waals surface area contributed by atoms with Gasteiger partial charge in [0, 0.05) is 59.3 Å². The van der Waals surface area contributed by atoms with E-state index in [2.05, 4.69) is 43.0 Å². The molecule has 0 unspecified atom stereocenters. The molecule has 0 saturated carbocycles. The fraction of sp³-hybridized carbons (Fsp3) is 0.270. The Morgan fingerprint density at radius 1 is 0.884 bits per heavy atom. The maximum Gasteiger partial charge on any atom is 0.251 e. The molecule has 1 aliphatic heterocycles. The van der Waals surface area contributed by atoms with E-state index in [9.17, 15) is 4.79 Å². The van der Waals surface area contributed by atoms with Crippen molar-refractivity contribution in [3.8, 4) is 22.6 Å². The van der Waals surface area contributed by atoms with E-state index in [0.29, 0.717) is 12.1 Å². The zero-order chi connectivity index (χ0) is 30.4. The van der Waals surface area contributed by atoms with E-state index < -0.39 is 0 Å². The number of rotatable bonds is 12. The van der Waals surface area contributed by atoms with Crippen LogP contribution in [0.5, 0.6) is 11.5 Å². The summed E-state index contributed by atoms with van der Waals surface area (Å²) in [6, 6.07) is 23.6. The molecule has 0 fully saturated rings. The van der Waals surface area contributed by atoms with Crippen molar-refractivity contribution >= 4 is 22.4 Å². The molecule has 3 N–H and O–H groups in total. The topological polar surface area (TPSA) is 75.4 Å². The van der Waals surface area contributed by atoms with Gasteiger partial charge in [-0.05, 0) is 79.4 Å². The molecule has 0 atom stereocenters. The van der Waals surface area contributed by atoms with Gasteiger partial charge in [0.15, 0.2) is 0 Å². The maximum atomic E-state index is 12.8. The zero-order valence-corrected chi connectivity index (χ0v) is 25.5. The molecule has 1 amide bonds. The fourth-order valence-corrected chi connectivity index (χ4v) is 4.73. The van der Waals surface area contributed by atoms with Crippen molar-refractivity contribution in [3.05, 3.63) is 115 Å². The smallest absolute Gasteiger partial charge is 0.251 e. The minimum atomic E-state index is -0.0587. The first-order valence-electron chi connectivity index (χ1n) is 15.2. The number of aromatic amines is 1. The van der Waals surface area contributed by atoms with E-state index in [1.165, 1.54) is 0 Å². The molecule has 6 nitrogen and oxygen atoms in total. The van der Waals surface area contributed by atoms with E-state index in [1.54, 1.807) is 0 Å². The summed E-state index contributed by atoms with van der Waals surface area (Å²) in [5, 5.41) is 7.20. The van der Waals surface area contributed by atoms with Crippen molar-refractivity contribution < 1.29 is 14.3 Å². The first-order chi connectivity index (χ1) is 21.0. The number of H-pyrrole nitrogens is 1. The molecular formula is C37H43N3O3. The number of nitrogens with one attached hydrogen (secondary N) is 3. The lowest BCUT2D eigenvalue weighted by molar-refractivity contribution is 0.0953. The number of dihydropyridines is 1. The number of hydrogen-bond acceptors (Lipinski definition) is 4. The summed E-state index contributed by atoms with van der Waals surface area (Å²) in [5.41, 5.74) is 6.37. The van der Waals surface area contributed by atoms with Crippen LogP contribution in [0.15, 0.2) is 103 Å². The lowest BCUT2D eigenvalue weighted by Gasteiger charge is -2.15. The van der Waals surface area contributed by atoms with Gasteiger partial charge in [-0.1, -0.05) is 64.1 Å². The lowest BCUT2D eigenvalue weighted by atomic mass is 9.95. The number of carbonyl (C=O) groups excluding carboxylic acids is 1. The van der Waals surface area contributed by atoms with Crippen LogP contribution in [0.3, 0.4) is 0 Å². The molecule has 1 aromatic heterocycles. The van der Waals surface area contributed by atoms with Crippen LogP contribution >= 0.6 is 0 Å². The van der Waals surface area contributed by atoms with E-state index in [4.69, 9.17) is 9.47 Å². The average molecular weight is 578 g/mol. The molecule has 43 heavy (non-hydrogen) atoms. The minimum Gasteiger partial charge on any atom is -0.457 e. The van der Waals surface area contributed by atoms with Gasteiger partial charge >= 0.3 is 0 Å². The summed E-state index contributed by atoms with van der Waals surface area (Å²) in [4.78, 5) is 16.4. The normalized spacial score (nSPS) is 12.3. The fourth-order valence-electron chi connectivity index (χ4n) is 4.73. The first kappa shape index (κ1) is 31.4. The third kappa shape index (κ3) is 8.49. The highest BCUT2D eigenvalue weighted by atomic mass is 16.5. The standard InChI is InChI=1S/C31H29N3O2.C6H14O/c1-3-4-18-33-31(35)23-14-17-28-27(20-23)29(30(34-28)26-11-8-19-32-21(26)2)22-12-15-25(16-13-22)36-24-9-6-5-7-10-24;1-3-5-7-6-4-2/h5-17,19-20,32,34H,2-4,18H2,1H3,(H,33,35);3-6H2,1-2H3. The van der Waals surface area contributed by atoms with Crippen molar-refractivity contribution in [2.45, 2.75) is 46.5 Å². The predicted molar refractivity (Wildman–Crippen MR) is 178 cm³/mol. The summed E-state index contributed by atoms with van der Waals surface area (Å²) in [6.45, 7) is 13.1. The Morgan fingerprint density at radius 3 is 2.28 bits per heavy atom. The van der Waals surface area contributed by atoms with Gasteiger partial charge in [0.2, 0.25) is 0 Å². The van der Waals surface area contributed by atoms with Crippen molar-refractivity contribution in [3.63, 3.8) is 0 Å². The Balaban J connectivity index is 0.000000541. The molecule has 1 aliphatic rings. The monoisotopic (exact) mass is 577 g/mol. The highest BCUT2D eigenvalue weighted by molar-refractivity contribution is 6.07. The van der Waals surface area contributed by atoms with Gasteiger partial charge in [-0.2, -0.15) is 0 Å². The number of allylic oxidation sites excluding steroid dienone is 3. The van der Waals surface area contributed by atoms with E-state index >= 15 is 0 Å². The van der Waals surface area contributed by atoms with Crippen molar-refractivity contribution in [1.82, 2.24) is 15.6 Å². The second-order valence-corrected chi connectivity index (χ2v) is 10.4. The number of carbonyl (C=O) groups is 1. The van der Waals surface area contributed by atoms with Crippen molar-refractivity contribution in [2.75, 3.05) is 19.8 Å². The third-order valence-corrected chi connectivity index (χ3v) is 6.91. The van der Waals surface area contributed by atoms with Crippen molar-refractivity contribution in [2.24, 2.45) is 0 Å². The number of unbranched alkanes of at least 4 members (excludes halogenated alkanes) is 1. The van der Waals surface area contributed by atoms with Crippen LogP contribution in [0, 0.1) is 0 Å². The van der Waals surface area contributed by atoms with Gasteiger partial charge < -0.3 is 25.1 Å². The van der Waals surface area contributed by atoms with Crippen LogP contribution in [0.25, 0.3) is 27.6 Å². The van der Waals surface area contributed by atoms with Crippen LogP contribution < -0.4 is 15.4 Å². The van der Waals surface area contributed by atoms with Crippen LogP contribution in [0.4, 0.5) is 0 Å². The van der Waals surface area contributed by atoms with Crippen LogP contribution in [-0.4, -0.2) is 30.6 Å². The Morgan fingerprint density at radius 2 is 1.60 bits per heavy atom. The molecule has 3 aromatic carbocycles. The van der Waals surface area contributed by atoms with Gasteiger partial charge in [0.1, 0.15) is 11.5 Å². The predicted octanol–water partition coefficient (Wildman–Crippen LogP) is 8.99. The lowest BCUT2D eigenvalue weighted by Crippen LogP contribution is -2.24. The number of amides is 1. The highest BCUT2D eigenvalue weighted by Gasteiger charge is 2.20. The van der Waals surface area contributed by atoms with Gasteiger partial charge in [-0.15, -0.1) is 0 Å². The molecule has 0 radical (unpaired) electrons. The Labute approximate surface area is 255 Å². The summed E-state index contributed by atoms with van der Waals surface area (Å²) in [5.74, 6) is 1.49. The Kier molecular flexibility index (Phi) is 11.8. The number of aromatic nitrogens is 1. The molecule has 4 aromatic rings. The SMILES string of the molecule is C=C1NC=CC=C1c1[nH]c2ccc(C(=O)NCCCC)cc2c1-c1ccc(Oc2ccccc2)cc1.CCCOCCC. The second-order valence-electron chi connectivity index (χ2n) is 10.4. The van der Waals surface area contributed by atoms with Gasteiger partial charge in [0.05, 0.1) is 5.69 Å². The van der Waals surface area contributed by atoms with E-state index in [1.807, 2.05) is 91.1 Å². The Bertz CT molecular complexity index is 1550. The van der Waals surface area contributed by atoms with Gasteiger partial charge in [-0.25, -0.2) is 0 Å². The molecular weight excluding hydrogens is 534 g/mol. The maximum absolute atomic E-state index is 12.8. The zero-order valence-electron chi connectivity index (χ0n) is 25.5.